The minimum absolute atomic E-state index is 0.0147. The van der Waals surface area contributed by atoms with Crippen LogP contribution in [-0.2, 0) is 9.84 Å². The van der Waals surface area contributed by atoms with Crippen molar-refractivity contribution in [2.24, 2.45) is 5.92 Å². The van der Waals surface area contributed by atoms with Crippen molar-refractivity contribution < 1.29 is 17.9 Å². The summed E-state index contributed by atoms with van der Waals surface area (Å²) < 4.78 is 29.0. The third-order valence-electron chi connectivity index (χ3n) is 5.24. The lowest BCUT2D eigenvalue weighted by atomic mass is 10.0. The van der Waals surface area contributed by atoms with Crippen LogP contribution in [0.4, 0.5) is 0 Å². The Morgan fingerprint density at radius 2 is 1.87 bits per heavy atom. The van der Waals surface area contributed by atoms with Gasteiger partial charge in [0.2, 0.25) is 5.88 Å². The maximum Gasteiger partial charge on any atom is 0.258 e. The Balaban J connectivity index is 1.90. The van der Waals surface area contributed by atoms with E-state index in [0.29, 0.717) is 11.6 Å². The number of nitrogens with one attached hydrogen (secondary N) is 1. The molecular weight excluding hydrogens is 414 g/mol. The summed E-state index contributed by atoms with van der Waals surface area (Å²) in [4.78, 5) is 22.1. The lowest BCUT2D eigenvalue weighted by molar-refractivity contribution is 0.0932. The Morgan fingerprint density at radius 1 is 1.19 bits per heavy atom. The van der Waals surface area contributed by atoms with E-state index in [-0.39, 0.29) is 23.3 Å². The Bertz CT molecular complexity index is 1030. The van der Waals surface area contributed by atoms with Gasteiger partial charge in [-0.3, -0.25) is 4.79 Å². The molecule has 1 atom stereocenters. The summed E-state index contributed by atoms with van der Waals surface area (Å²) in [5, 5.41) is 3.98. The first kappa shape index (κ1) is 22.9. The molecule has 1 unspecified atom stereocenters. The Labute approximate surface area is 183 Å². The van der Waals surface area contributed by atoms with Gasteiger partial charge in [-0.25, -0.2) is 13.4 Å². The number of amides is 1. The summed E-state index contributed by atoms with van der Waals surface area (Å²) in [7, 11) is -3.30. The molecule has 1 saturated carbocycles. The minimum Gasteiger partial charge on any atom is -0.438 e. The highest BCUT2D eigenvalue weighted by Crippen LogP contribution is 2.34. The van der Waals surface area contributed by atoms with Crippen molar-refractivity contribution in [1.82, 2.24) is 15.3 Å². The summed E-state index contributed by atoms with van der Waals surface area (Å²) in [5.74, 6) is 1.31. The third kappa shape index (κ3) is 6.62. The summed E-state index contributed by atoms with van der Waals surface area (Å²) in [6.07, 6.45) is 8.46. The number of hydrogen-bond acceptors (Lipinski definition) is 6. The van der Waals surface area contributed by atoms with Gasteiger partial charge in [0.1, 0.15) is 17.1 Å². The summed E-state index contributed by atoms with van der Waals surface area (Å²) in [6.45, 7) is 3.80. The highest BCUT2D eigenvalue weighted by molar-refractivity contribution is 7.93. The molecule has 0 aliphatic heterocycles. The van der Waals surface area contributed by atoms with Crippen LogP contribution in [0.25, 0.3) is 0 Å². The van der Waals surface area contributed by atoms with Crippen LogP contribution in [0.2, 0.25) is 0 Å². The lowest BCUT2D eigenvalue weighted by Gasteiger charge is -2.20. The number of carbonyl (C=O) groups is 1. The second kappa shape index (κ2) is 10.0. The summed E-state index contributed by atoms with van der Waals surface area (Å²) >= 11 is 0. The molecule has 7 nitrogen and oxygen atoms in total. The monoisotopic (exact) mass is 443 g/mol. The van der Waals surface area contributed by atoms with Crippen molar-refractivity contribution in [2.45, 2.75) is 51.5 Å². The summed E-state index contributed by atoms with van der Waals surface area (Å²) in [5.41, 5.74) is 0.212. The fraction of sp³-hybridized carbons (Fsp3) is 0.435. The van der Waals surface area contributed by atoms with Crippen molar-refractivity contribution in [2.75, 3.05) is 6.26 Å². The topological polar surface area (TPSA) is 98.2 Å². The van der Waals surface area contributed by atoms with Crippen LogP contribution in [0, 0.1) is 5.92 Å². The molecule has 1 amide bonds. The van der Waals surface area contributed by atoms with Crippen molar-refractivity contribution in [3.8, 4) is 11.6 Å². The number of carbonyl (C=O) groups excluding carboxylic acids is 1. The van der Waals surface area contributed by atoms with E-state index < -0.39 is 21.8 Å². The normalized spacial score (nSPS) is 16.0. The van der Waals surface area contributed by atoms with E-state index in [1.807, 2.05) is 32.0 Å². The van der Waals surface area contributed by atoms with Gasteiger partial charge < -0.3 is 10.1 Å². The number of sulfone groups is 1. The first-order chi connectivity index (χ1) is 14.7. The van der Waals surface area contributed by atoms with Gasteiger partial charge in [0.05, 0.1) is 6.04 Å². The number of rotatable bonds is 8. The molecule has 1 aliphatic rings. The molecule has 1 aromatic carbocycles. The molecular formula is C23H29N3O4S. The molecule has 31 heavy (non-hydrogen) atoms. The zero-order chi connectivity index (χ0) is 22.4. The molecule has 3 rings (SSSR count). The average molecular weight is 444 g/mol. The Morgan fingerprint density at radius 3 is 2.48 bits per heavy atom. The van der Waals surface area contributed by atoms with E-state index in [0.717, 1.165) is 37.3 Å². The van der Waals surface area contributed by atoms with Crippen LogP contribution < -0.4 is 10.1 Å². The molecule has 0 radical (unpaired) electrons. The van der Waals surface area contributed by atoms with E-state index in [4.69, 9.17) is 4.74 Å². The number of ether oxygens (including phenoxy) is 1. The molecule has 1 heterocycles. The van der Waals surface area contributed by atoms with E-state index in [2.05, 4.69) is 15.3 Å². The van der Waals surface area contributed by atoms with Crippen LogP contribution in [0.1, 0.15) is 61.6 Å². The Kier molecular flexibility index (Phi) is 7.43. The molecule has 0 spiro atoms. The Hall–Kier alpha value is -2.74. The van der Waals surface area contributed by atoms with Gasteiger partial charge in [-0.2, -0.15) is 4.98 Å². The lowest BCUT2D eigenvalue weighted by Crippen LogP contribution is -2.37. The molecule has 0 bridgehead atoms. The van der Waals surface area contributed by atoms with Gasteiger partial charge >= 0.3 is 0 Å². The van der Waals surface area contributed by atoms with E-state index in [1.165, 1.54) is 12.3 Å². The molecule has 8 heteroatoms. The predicted molar refractivity (Wildman–Crippen MR) is 120 cm³/mol. The number of para-hydroxylation sites is 1. The van der Waals surface area contributed by atoms with Crippen LogP contribution in [-0.4, -0.2) is 36.6 Å². The minimum atomic E-state index is -3.30. The smallest absolute Gasteiger partial charge is 0.258 e. The molecule has 1 aliphatic carbocycles. The first-order valence-corrected chi connectivity index (χ1v) is 12.5. The molecule has 1 N–H and O–H groups in total. The highest BCUT2D eigenvalue weighted by atomic mass is 32.2. The largest absolute Gasteiger partial charge is 0.438 e. The number of benzene rings is 1. The number of aromatic nitrogens is 2. The summed E-state index contributed by atoms with van der Waals surface area (Å²) in [6, 6.07) is 8.69. The third-order valence-corrected chi connectivity index (χ3v) is 5.90. The van der Waals surface area contributed by atoms with Crippen LogP contribution >= 0.6 is 0 Å². The maximum absolute atomic E-state index is 13.1. The van der Waals surface area contributed by atoms with Crippen molar-refractivity contribution in [3.05, 3.63) is 59.4 Å². The van der Waals surface area contributed by atoms with Crippen molar-refractivity contribution in [1.29, 1.82) is 0 Å². The van der Waals surface area contributed by atoms with Crippen molar-refractivity contribution >= 4 is 15.7 Å². The second-order valence-electron chi connectivity index (χ2n) is 8.24. The van der Waals surface area contributed by atoms with Gasteiger partial charge in [-0.15, -0.1) is 0 Å². The number of hydrogen-bond donors (Lipinski definition) is 1. The van der Waals surface area contributed by atoms with E-state index in [1.54, 1.807) is 12.1 Å². The van der Waals surface area contributed by atoms with Gasteiger partial charge in [-0.1, -0.05) is 51.0 Å². The highest BCUT2D eigenvalue weighted by Gasteiger charge is 2.25. The molecule has 1 fully saturated rings. The molecule has 1 aromatic heterocycles. The van der Waals surface area contributed by atoms with Crippen LogP contribution in [0.5, 0.6) is 11.6 Å². The van der Waals surface area contributed by atoms with Gasteiger partial charge in [-0.05, 0) is 30.9 Å². The molecule has 0 saturated heterocycles. The fourth-order valence-corrected chi connectivity index (χ4v) is 3.94. The van der Waals surface area contributed by atoms with Crippen LogP contribution in [0.15, 0.2) is 48.0 Å². The van der Waals surface area contributed by atoms with Crippen molar-refractivity contribution in [3.63, 3.8) is 0 Å². The molecule has 166 valence electrons. The van der Waals surface area contributed by atoms with Gasteiger partial charge in [0, 0.05) is 23.8 Å². The maximum atomic E-state index is 13.1. The van der Waals surface area contributed by atoms with Gasteiger partial charge in [0.25, 0.3) is 5.91 Å². The first-order valence-electron chi connectivity index (χ1n) is 10.5. The number of nitrogens with zero attached hydrogens (tertiary/aromatic N) is 2. The van der Waals surface area contributed by atoms with Crippen LogP contribution in [0.3, 0.4) is 0 Å². The average Bonchev–Trinajstić information content (AvgIpc) is 3.25. The van der Waals surface area contributed by atoms with E-state index >= 15 is 0 Å². The van der Waals surface area contributed by atoms with E-state index in [9.17, 15) is 13.2 Å². The fourth-order valence-electron chi connectivity index (χ4n) is 3.49. The SMILES string of the molecule is CC(C)C(C=CS(C)(=O)=O)NC(=O)c1cnc(C2CCCC2)nc1Oc1ccccc1. The molecule has 2 aromatic rings. The zero-order valence-electron chi connectivity index (χ0n) is 18.1. The second-order valence-corrected chi connectivity index (χ2v) is 10.2. The quantitative estimate of drug-likeness (QED) is 0.655. The standard InChI is InChI=1S/C23H29N3O4S/c1-16(2)20(13-14-31(3,28)29)25-22(27)19-15-24-21(17-9-7-8-10-17)26-23(19)30-18-11-5-4-6-12-18/h4-6,11-17,20H,7-10H2,1-3H3,(H,25,27). The predicted octanol–water partition coefficient (Wildman–Crippen LogP) is 4.24. The van der Waals surface area contributed by atoms with Gasteiger partial charge in [0.15, 0.2) is 9.84 Å². The zero-order valence-corrected chi connectivity index (χ0v) is 18.9.